The standard InChI is InChI=1S/C25H24F4N4O5S/c1-15(2)14-38-19-12-17(11-18(26)13-19)21-8-7-20(24(32-21)37-10-9-30-25(27,28)29)23(34)33-39(35,36)22-6-4-5-16(3)31-22/h4-9,11-13,15H,10,14H2,1-3H3,(H,33,34)/b30-9+. The molecule has 14 heteroatoms. The van der Waals surface area contributed by atoms with Gasteiger partial charge in [-0.3, -0.25) is 4.79 Å². The predicted molar refractivity (Wildman–Crippen MR) is 134 cm³/mol. The van der Waals surface area contributed by atoms with Crippen LogP contribution in [0.1, 0.15) is 29.9 Å². The van der Waals surface area contributed by atoms with Gasteiger partial charge < -0.3 is 9.47 Å². The van der Waals surface area contributed by atoms with Crippen LogP contribution >= 0.6 is 0 Å². The molecular formula is C25H24F4N4O5S. The van der Waals surface area contributed by atoms with Crippen molar-refractivity contribution in [1.29, 1.82) is 0 Å². The Balaban J connectivity index is 1.97. The van der Waals surface area contributed by atoms with Crippen molar-refractivity contribution in [3.8, 4) is 22.9 Å². The van der Waals surface area contributed by atoms with Crippen LogP contribution in [0.15, 0.2) is 58.5 Å². The molecule has 39 heavy (non-hydrogen) atoms. The number of rotatable bonds is 10. The lowest BCUT2D eigenvalue weighted by Crippen LogP contribution is -2.31. The number of amides is 1. The van der Waals surface area contributed by atoms with Gasteiger partial charge in [0.1, 0.15) is 23.7 Å². The second-order valence-electron chi connectivity index (χ2n) is 8.57. The molecule has 0 spiro atoms. The number of sulfonamides is 1. The van der Waals surface area contributed by atoms with Gasteiger partial charge in [0.25, 0.3) is 15.9 Å². The van der Waals surface area contributed by atoms with Gasteiger partial charge in [0.05, 0.1) is 12.3 Å². The van der Waals surface area contributed by atoms with Crippen molar-refractivity contribution in [1.82, 2.24) is 14.7 Å². The summed E-state index contributed by atoms with van der Waals surface area (Å²) < 4.78 is 89.4. The van der Waals surface area contributed by atoms with Gasteiger partial charge in [-0.1, -0.05) is 19.9 Å². The molecule has 0 aliphatic carbocycles. The van der Waals surface area contributed by atoms with Crippen LogP contribution in [-0.4, -0.2) is 50.0 Å². The number of pyridine rings is 2. The average molecular weight is 569 g/mol. The zero-order valence-corrected chi connectivity index (χ0v) is 21.8. The predicted octanol–water partition coefficient (Wildman–Crippen LogP) is 4.71. The number of aliphatic imine (C=N–C) groups is 1. The molecule has 0 radical (unpaired) electrons. The molecule has 1 aromatic carbocycles. The van der Waals surface area contributed by atoms with Gasteiger partial charge in [0.15, 0.2) is 5.03 Å². The molecule has 0 unspecified atom stereocenters. The van der Waals surface area contributed by atoms with Gasteiger partial charge in [-0.25, -0.2) is 19.1 Å². The molecule has 0 fully saturated rings. The Morgan fingerprint density at radius 1 is 1.10 bits per heavy atom. The third kappa shape index (κ3) is 8.74. The number of alkyl halides is 3. The van der Waals surface area contributed by atoms with Crippen molar-refractivity contribution in [3.05, 3.63) is 65.6 Å². The number of benzene rings is 1. The average Bonchev–Trinajstić information content (AvgIpc) is 2.84. The van der Waals surface area contributed by atoms with E-state index in [1.54, 1.807) is 13.0 Å². The van der Waals surface area contributed by atoms with E-state index in [9.17, 15) is 30.8 Å². The molecule has 1 amide bonds. The largest absolute Gasteiger partial charge is 0.502 e. The normalized spacial score (nSPS) is 12.1. The monoisotopic (exact) mass is 568 g/mol. The van der Waals surface area contributed by atoms with Gasteiger partial charge in [0.2, 0.25) is 5.88 Å². The summed E-state index contributed by atoms with van der Waals surface area (Å²) in [5.74, 6) is -1.97. The topological polar surface area (TPSA) is 120 Å². The fourth-order valence-electron chi connectivity index (χ4n) is 3.09. The maximum absolute atomic E-state index is 14.3. The fraction of sp³-hybridized carbons (Fsp3) is 0.280. The third-order valence-electron chi connectivity index (χ3n) is 4.75. The summed E-state index contributed by atoms with van der Waals surface area (Å²) in [7, 11) is -4.41. The molecule has 3 rings (SSSR count). The Kier molecular flexibility index (Phi) is 9.22. The number of ether oxygens (including phenoxy) is 2. The Labute approximate surface area is 222 Å². The molecule has 0 atom stereocenters. The summed E-state index contributed by atoms with van der Waals surface area (Å²) in [4.78, 5) is 23.3. The molecule has 0 saturated carbocycles. The Morgan fingerprint density at radius 3 is 2.51 bits per heavy atom. The number of halogens is 4. The smallest absolute Gasteiger partial charge is 0.493 e. The van der Waals surface area contributed by atoms with Crippen LogP contribution in [0.25, 0.3) is 11.3 Å². The van der Waals surface area contributed by atoms with E-state index in [0.717, 1.165) is 12.1 Å². The van der Waals surface area contributed by atoms with Crippen LogP contribution in [0.5, 0.6) is 11.6 Å². The number of carbonyl (C=O) groups is 1. The number of aryl methyl sites for hydroxylation is 1. The highest BCUT2D eigenvalue weighted by molar-refractivity contribution is 7.90. The van der Waals surface area contributed by atoms with Crippen LogP contribution in [-0.2, 0) is 10.0 Å². The summed E-state index contributed by atoms with van der Waals surface area (Å²) in [6.07, 6.45) is -4.44. The van der Waals surface area contributed by atoms with Gasteiger partial charge >= 0.3 is 6.30 Å². The van der Waals surface area contributed by atoms with Crippen molar-refractivity contribution < 1.29 is 40.2 Å². The maximum Gasteiger partial charge on any atom is 0.502 e. The zero-order chi connectivity index (χ0) is 28.8. The summed E-state index contributed by atoms with van der Waals surface area (Å²) in [6, 6.07) is 10.4. The lowest BCUT2D eigenvalue weighted by atomic mass is 10.1. The minimum absolute atomic E-state index is 0.0754. The van der Waals surface area contributed by atoms with E-state index in [1.165, 1.54) is 30.3 Å². The number of nitrogens with zero attached hydrogens (tertiary/aromatic N) is 3. The van der Waals surface area contributed by atoms with E-state index in [1.807, 2.05) is 18.6 Å². The minimum Gasteiger partial charge on any atom is -0.493 e. The molecule has 3 aromatic rings. The quantitative estimate of drug-likeness (QED) is 0.214. The van der Waals surface area contributed by atoms with Crippen LogP contribution in [0.2, 0.25) is 0 Å². The summed E-state index contributed by atoms with van der Waals surface area (Å²) in [6.45, 7) is 4.93. The minimum atomic E-state index is -4.85. The molecule has 0 bridgehead atoms. The van der Waals surface area contributed by atoms with Crippen molar-refractivity contribution in [2.75, 3.05) is 13.2 Å². The second-order valence-corrected chi connectivity index (χ2v) is 10.2. The Bertz CT molecular complexity index is 1480. The first-order valence-corrected chi connectivity index (χ1v) is 12.9. The van der Waals surface area contributed by atoms with Gasteiger partial charge in [-0.05, 0) is 49.2 Å². The van der Waals surface area contributed by atoms with Crippen LogP contribution in [0, 0.1) is 18.7 Å². The molecule has 0 aliphatic heterocycles. The number of aromatic nitrogens is 2. The first kappa shape index (κ1) is 29.5. The van der Waals surface area contributed by atoms with Gasteiger partial charge in [-0.15, -0.1) is 13.2 Å². The van der Waals surface area contributed by atoms with E-state index in [0.29, 0.717) is 18.5 Å². The van der Waals surface area contributed by atoms with Crippen molar-refractivity contribution in [2.24, 2.45) is 10.9 Å². The highest BCUT2D eigenvalue weighted by atomic mass is 32.2. The third-order valence-corrected chi connectivity index (χ3v) is 5.98. The number of hydrogen-bond donors (Lipinski definition) is 1. The first-order valence-electron chi connectivity index (χ1n) is 11.4. The molecular weight excluding hydrogens is 544 g/mol. The lowest BCUT2D eigenvalue weighted by Gasteiger charge is -2.13. The fourth-order valence-corrected chi connectivity index (χ4v) is 4.08. The molecule has 0 aliphatic rings. The van der Waals surface area contributed by atoms with E-state index in [4.69, 9.17) is 9.47 Å². The summed E-state index contributed by atoms with van der Waals surface area (Å²) in [5, 5.41) is -0.422. The molecule has 0 saturated heterocycles. The molecule has 208 valence electrons. The van der Waals surface area contributed by atoms with Crippen molar-refractivity contribution >= 4 is 22.1 Å². The van der Waals surface area contributed by atoms with E-state index in [-0.39, 0.29) is 22.9 Å². The first-order chi connectivity index (χ1) is 18.2. The summed E-state index contributed by atoms with van der Waals surface area (Å²) in [5.41, 5.74) is 0.261. The van der Waals surface area contributed by atoms with Gasteiger partial charge in [0, 0.05) is 23.5 Å². The Hall–Kier alpha value is -4.07. The van der Waals surface area contributed by atoms with Crippen molar-refractivity contribution in [2.45, 2.75) is 32.1 Å². The van der Waals surface area contributed by atoms with Crippen LogP contribution in [0.3, 0.4) is 0 Å². The number of hydrogen-bond acceptors (Lipinski definition) is 8. The zero-order valence-electron chi connectivity index (χ0n) is 21.0. The Morgan fingerprint density at radius 2 is 1.85 bits per heavy atom. The van der Waals surface area contributed by atoms with Gasteiger partial charge in [-0.2, -0.15) is 13.4 Å². The highest BCUT2D eigenvalue weighted by Gasteiger charge is 2.26. The number of nitrogens with one attached hydrogen (secondary N) is 1. The van der Waals surface area contributed by atoms with Crippen molar-refractivity contribution in [3.63, 3.8) is 0 Å². The molecule has 1 N–H and O–H groups in total. The van der Waals surface area contributed by atoms with E-state index < -0.39 is 51.1 Å². The number of carbonyl (C=O) groups excluding carboxylic acids is 1. The lowest BCUT2D eigenvalue weighted by molar-refractivity contribution is -0.119. The SMILES string of the molecule is Cc1cccc(S(=O)(=O)NC(=O)c2ccc(-c3cc(F)cc(OCC(C)C)c3)nc2OC/C=N/C(F)(F)F)n1. The maximum atomic E-state index is 14.3. The molecule has 2 aromatic heterocycles. The highest BCUT2D eigenvalue weighted by Crippen LogP contribution is 2.28. The van der Waals surface area contributed by atoms with E-state index >= 15 is 0 Å². The molecule has 9 nitrogen and oxygen atoms in total. The van der Waals surface area contributed by atoms with Crippen LogP contribution in [0.4, 0.5) is 17.6 Å². The van der Waals surface area contributed by atoms with E-state index in [2.05, 4.69) is 15.0 Å². The summed E-state index contributed by atoms with van der Waals surface area (Å²) >= 11 is 0. The second kappa shape index (κ2) is 12.2. The van der Waals surface area contributed by atoms with Crippen LogP contribution < -0.4 is 14.2 Å². The molecule has 2 heterocycles.